The lowest BCUT2D eigenvalue weighted by Crippen LogP contribution is -2.05. The van der Waals surface area contributed by atoms with Gasteiger partial charge in [-0.05, 0) is 36.8 Å². The molecule has 0 spiro atoms. The highest BCUT2D eigenvalue weighted by atomic mass is 35.5. The molecule has 0 aliphatic rings. The Morgan fingerprint density at radius 3 is 2.67 bits per heavy atom. The highest BCUT2D eigenvalue weighted by Crippen LogP contribution is 2.33. The molecule has 0 amide bonds. The number of carboxylic acid groups (broad SMARTS) is 1. The quantitative estimate of drug-likeness (QED) is 0.623. The highest BCUT2D eigenvalue weighted by Gasteiger charge is 2.16. The van der Waals surface area contributed by atoms with Crippen molar-refractivity contribution in [1.29, 1.82) is 0 Å². The van der Waals surface area contributed by atoms with Gasteiger partial charge in [0, 0.05) is 28.4 Å². The van der Waals surface area contributed by atoms with E-state index in [0.717, 1.165) is 5.56 Å². The van der Waals surface area contributed by atoms with E-state index < -0.39 is 5.97 Å². The molecule has 0 aliphatic carbocycles. The SMILES string of the molecule is Cc1c(Cl)ccc2c(Nc3cccc(O)c3)c(C(=O)O)cnc12.Cl. The molecule has 0 unspecified atom stereocenters. The van der Waals surface area contributed by atoms with Crippen LogP contribution < -0.4 is 5.32 Å². The Morgan fingerprint density at radius 2 is 2.00 bits per heavy atom. The third-order valence-corrected chi connectivity index (χ3v) is 3.98. The molecule has 7 heteroatoms. The molecular weight excluding hydrogens is 351 g/mol. The molecule has 24 heavy (non-hydrogen) atoms. The molecule has 3 rings (SSSR count). The van der Waals surface area contributed by atoms with Crippen LogP contribution in [0.1, 0.15) is 15.9 Å². The van der Waals surface area contributed by atoms with Gasteiger partial charge >= 0.3 is 5.97 Å². The number of halogens is 2. The number of phenols is 1. The number of hydrogen-bond acceptors (Lipinski definition) is 4. The van der Waals surface area contributed by atoms with Crippen LogP contribution in [0.25, 0.3) is 10.9 Å². The fourth-order valence-corrected chi connectivity index (χ4v) is 2.56. The number of rotatable bonds is 3. The summed E-state index contributed by atoms with van der Waals surface area (Å²) in [4.78, 5) is 15.7. The third-order valence-electron chi connectivity index (χ3n) is 3.57. The standard InChI is InChI=1S/C17H13ClN2O3.ClH/c1-9-14(18)6-5-12-15(9)19-8-13(17(22)23)16(12)20-10-3-2-4-11(21)7-10;/h2-8,21H,1H3,(H,19,20)(H,22,23);1H. The van der Waals surface area contributed by atoms with E-state index in [-0.39, 0.29) is 23.7 Å². The summed E-state index contributed by atoms with van der Waals surface area (Å²) in [5, 5.41) is 23.3. The number of anilines is 2. The predicted octanol–water partition coefficient (Wildman–Crippen LogP) is 4.77. The second-order valence-electron chi connectivity index (χ2n) is 5.10. The first-order valence-electron chi connectivity index (χ1n) is 6.84. The minimum atomic E-state index is -1.09. The van der Waals surface area contributed by atoms with Gasteiger partial charge in [-0.25, -0.2) is 4.79 Å². The largest absolute Gasteiger partial charge is 0.508 e. The number of benzene rings is 2. The second kappa shape index (κ2) is 6.95. The van der Waals surface area contributed by atoms with E-state index in [2.05, 4.69) is 10.3 Å². The molecule has 5 nitrogen and oxygen atoms in total. The Bertz CT molecular complexity index is 929. The van der Waals surface area contributed by atoms with Gasteiger partial charge in [0.1, 0.15) is 11.3 Å². The molecular formula is C17H14Cl2N2O3. The number of hydrogen-bond donors (Lipinski definition) is 3. The van der Waals surface area contributed by atoms with Gasteiger partial charge < -0.3 is 15.5 Å². The number of aromatic carboxylic acids is 1. The monoisotopic (exact) mass is 364 g/mol. The number of aromatic hydroxyl groups is 1. The van der Waals surface area contributed by atoms with E-state index in [4.69, 9.17) is 11.6 Å². The highest BCUT2D eigenvalue weighted by molar-refractivity contribution is 6.32. The van der Waals surface area contributed by atoms with Gasteiger partial charge in [0.2, 0.25) is 0 Å². The zero-order valence-corrected chi connectivity index (χ0v) is 14.1. The molecule has 2 aromatic carbocycles. The van der Waals surface area contributed by atoms with Gasteiger partial charge in [-0.15, -0.1) is 12.4 Å². The third kappa shape index (κ3) is 3.22. The van der Waals surface area contributed by atoms with E-state index in [1.165, 1.54) is 18.3 Å². The van der Waals surface area contributed by atoms with Gasteiger partial charge in [0.05, 0.1) is 11.2 Å². The lowest BCUT2D eigenvalue weighted by Gasteiger charge is -2.14. The van der Waals surface area contributed by atoms with Crippen molar-refractivity contribution in [2.45, 2.75) is 6.92 Å². The van der Waals surface area contributed by atoms with E-state index in [9.17, 15) is 15.0 Å². The van der Waals surface area contributed by atoms with Crippen LogP contribution in [0.2, 0.25) is 5.02 Å². The Hall–Kier alpha value is -2.50. The van der Waals surface area contributed by atoms with Crippen LogP contribution in [0.5, 0.6) is 5.75 Å². The first-order valence-corrected chi connectivity index (χ1v) is 7.22. The summed E-state index contributed by atoms with van der Waals surface area (Å²) in [6.07, 6.45) is 1.30. The predicted molar refractivity (Wildman–Crippen MR) is 97.1 cm³/mol. The first-order chi connectivity index (χ1) is 11.0. The van der Waals surface area contributed by atoms with Gasteiger partial charge in [-0.1, -0.05) is 17.7 Å². The van der Waals surface area contributed by atoms with Crippen molar-refractivity contribution >= 4 is 52.3 Å². The molecule has 0 atom stereocenters. The number of phenolic OH excluding ortho intramolecular Hbond substituents is 1. The molecule has 0 aliphatic heterocycles. The van der Waals surface area contributed by atoms with Crippen molar-refractivity contribution in [2.24, 2.45) is 0 Å². The van der Waals surface area contributed by atoms with Crippen LogP contribution in [0.4, 0.5) is 11.4 Å². The first kappa shape index (κ1) is 17.8. The van der Waals surface area contributed by atoms with E-state index in [1.807, 2.05) is 6.92 Å². The minimum Gasteiger partial charge on any atom is -0.508 e. The number of fused-ring (bicyclic) bond motifs is 1. The smallest absolute Gasteiger partial charge is 0.339 e. The van der Waals surface area contributed by atoms with E-state index in [0.29, 0.717) is 27.3 Å². The van der Waals surface area contributed by atoms with Crippen LogP contribution in [0, 0.1) is 6.92 Å². The maximum absolute atomic E-state index is 11.5. The van der Waals surface area contributed by atoms with Crippen molar-refractivity contribution in [2.75, 3.05) is 5.32 Å². The number of aryl methyl sites for hydroxylation is 1. The summed E-state index contributed by atoms with van der Waals surface area (Å²) in [5.74, 6) is -1.00. The number of aromatic nitrogens is 1. The molecule has 0 radical (unpaired) electrons. The Balaban J connectivity index is 0.00000208. The summed E-state index contributed by atoms with van der Waals surface area (Å²) < 4.78 is 0. The maximum atomic E-state index is 11.5. The maximum Gasteiger partial charge on any atom is 0.339 e. The van der Waals surface area contributed by atoms with Crippen molar-refractivity contribution in [3.8, 4) is 5.75 Å². The lowest BCUT2D eigenvalue weighted by molar-refractivity contribution is 0.0697. The van der Waals surface area contributed by atoms with E-state index >= 15 is 0 Å². The van der Waals surface area contributed by atoms with Crippen molar-refractivity contribution in [3.63, 3.8) is 0 Å². The second-order valence-corrected chi connectivity index (χ2v) is 5.50. The van der Waals surface area contributed by atoms with Crippen LogP contribution in [0.15, 0.2) is 42.6 Å². The number of carbonyl (C=O) groups is 1. The number of carboxylic acids is 1. The molecule has 124 valence electrons. The Morgan fingerprint density at radius 1 is 1.25 bits per heavy atom. The fraction of sp³-hybridized carbons (Fsp3) is 0.0588. The number of pyridine rings is 1. The van der Waals surface area contributed by atoms with Gasteiger partial charge in [0.15, 0.2) is 0 Å². The molecule has 1 aromatic heterocycles. The lowest BCUT2D eigenvalue weighted by atomic mass is 10.1. The zero-order valence-electron chi connectivity index (χ0n) is 12.6. The summed E-state index contributed by atoms with van der Waals surface area (Å²) in [6, 6.07) is 9.90. The van der Waals surface area contributed by atoms with Gasteiger partial charge in [-0.3, -0.25) is 4.98 Å². The zero-order chi connectivity index (χ0) is 16.6. The van der Waals surface area contributed by atoms with Crippen LogP contribution in [-0.2, 0) is 0 Å². The summed E-state index contributed by atoms with van der Waals surface area (Å²) in [5.41, 5.74) is 2.44. The summed E-state index contributed by atoms with van der Waals surface area (Å²) >= 11 is 6.11. The molecule has 3 N–H and O–H groups in total. The van der Waals surface area contributed by atoms with Crippen molar-refractivity contribution in [1.82, 2.24) is 4.98 Å². The van der Waals surface area contributed by atoms with Crippen molar-refractivity contribution < 1.29 is 15.0 Å². The normalized spacial score (nSPS) is 10.2. The average molecular weight is 365 g/mol. The molecule has 0 bridgehead atoms. The summed E-state index contributed by atoms with van der Waals surface area (Å²) in [7, 11) is 0. The minimum absolute atomic E-state index is 0. The molecule has 0 saturated carbocycles. The van der Waals surface area contributed by atoms with Crippen LogP contribution >= 0.6 is 24.0 Å². The van der Waals surface area contributed by atoms with Crippen LogP contribution in [-0.4, -0.2) is 21.2 Å². The van der Waals surface area contributed by atoms with E-state index in [1.54, 1.807) is 24.3 Å². The molecule has 0 fully saturated rings. The molecule has 3 aromatic rings. The number of nitrogens with one attached hydrogen (secondary N) is 1. The molecule has 0 saturated heterocycles. The number of nitrogens with zero attached hydrogens (tertiary/aromatic N) is 1. The van der Waals surface area contributed by atoms with Gasteiger partial charge in [0.25, 0.3) is 0 Å². The fourth-order valence-electron chi connectivity index (χ4n) is 2.41. The Kier molecular flexibility index (Phi) is 5.17. The van der Waals surface area contributed by atoms with Gasteiger partial charge in [-0.2, -0.15) is 0 Å². The molecule has 1 heterocycles. The average Bonchev–Trinajstić information content (AvgIpc) is 2.51. The topological polar surface area (TPSA) is 82.5 Å². The van der Waals surface area contributed by atoms with Crippen LogP contribution in [0.3, 0.4) is 0 Å². The Labute approximate surface area is 149 Å². The summed E-state index contributed by atoms with van der Waals surface area (Å²) in [6.45, 7) is 1.83. The van der Waals surface area contributed by atoms with Crippen molar-refractivity contribution in [3.05, 3.63) is 58.7 Å².